The standard InChI is InChI=1S/C13H24N2O3S.ClH/c1-15(11-6-8-14-9-7-11)13(16)10-19(17,18)12-4-2-3-5-12;/h11-12,14H,2-10H2,1H3;1H. The van der Waals surface area contributed by atoms with E-state index in [1.807, 2.05) is 0 Å². The molecule has 0 spiro atoms. The van der Waals surface area contributed by atoms with Crippen LogP contribution < -0.4 is 5.32 Å². The molecule has 2 rings (SSSR count). The zero-order valence-electron chi connectivity index (χ0n) is 12.0. The second-order valence-electron chi connectivity index (χ2n) is 5.70. The SMILES string of the molecule is CN(C(=O)CS(=O)(=O)C1CCCC1)C1CCNCC1.Cl. The third kappa shape index (κ3) is 4.33. The highest BCUT2D eigenvalue weighted by Crippen LogP contribution is 2.25. The first-order valence-electron chi connectivity index (χ1n) is 7.18. The molecular weight excluding hydrogens is 300 g/mol. The van der Waals surface area contributed by atoms with Crippen molar-refractivity contribution >= 4 is 28.2 Å². The molecule has 0 aromatic rings. The molecule has 0 bridgehead atoms. The van der Waals surface area contributed by atoms with E-state index < -0.39 is 9.84 Å². The summed E-state index contributed by atoms with van der Waals surface area (Å²) < 4.78 is 24.3. The van der Waals surface area contributed by atoms with Crippen molar-refractivity contribution in [3.8, 4) is 0 Å². The molecule has 0 radical (unpaired) electrons. The Morgan fingerprint density at radius 3 is 2.25 bits per heavy atom. The topological polar surface area (TPSA) is 66.5 Å². The van der Waals surface area contributed by atoms with Crippen LogP contribution in [0.4, 0.5) is 0 Å². The Morgan fingerprint density at radius 1 is 1.15 bits per heavy atom. The first-order chi connectivity index (χ1) is 9.00. The number of hydrogen-bond acceptors (Lipinski definition) is 4. The zero-order valence-corrected chi connectivity index (χ0v) is 13.6. The summed E-state index contributed by atoms with van der Waals surface area (Å²) >= 11 is 0. The molecule has 2 fully saturated rings. The van der Waals surface area contributed by atoms with Crippen molar-refractivity contribution in [2.45, 2.75) is 49.8 Å². The van der Waals surface area contributed by atoms with E-state index in [9.17, 15) is 13.2 Å². The first-order valence-corrected chi connectivity index (χ1v) is 8.90. The van der Waals surface area contributed by atoms with E-state index in [2.05, 4.69) is 5.32 Å². The summed E-state index contributed by atoms with van der Waals surface area (Å²) in [5.74, 6) is -0.545. The Labute approximate surface area is 127 Å². The average molecular weight is 325 g/mol. The smallest absolute Gasteiger partial charge is 0.237 e. The summed E-state index contributed by atoms with van der Waals surface area (Å²) in [6, 6.07) is 0.188. The van der Waals surface area contributed by atoms with Crippen LogP contribution in [0.25, 0.3) is 0 Å². The molecule has 0 aromatic carbocycles. The van der Waals surface area contributed by atoms with Crippen LogP contribution in [0.5, 0.6) is 0 Å². The summed E-state index contributed by atoms with van der Waals surface area (Å²) in [6.45, 7) is 1.80. The molecule has 0 atom stereocenters. The number of hydrogen-bond donors (Lipinski definition) is 1. The van der Waals surface area contributed by atoms with Gasteiger partial charge in [0.1, 0.15) is 5.75 Å². The van der Waals surface area contributed by atoms with Crippen LogP contribution in [0, 0.1) is 0 Å². The fourth-order valence-electron chi connectivity index (χ4n) is 3.04. The van der Waals surface area contributed by atoms with Gasteiger partial charge in [-0.2, -0.15) is 0 Å². The molecule has 2 aliphatic rings. The molecule has 1 amide bonds. The number of rotatable bonds is 4. The highest BCUT2D eigenvalue weighted by atomic mass is 35.5. The van der Waals surface area contributed by atoms with Crippen molar-refractivity contribution in [3.63, 3.8) is 0 Å². The van der Waals surface area contributed by atoms with E-state index in [0.29, 0.717) is 0 Å². The highest BCUT2D eigenvalue weighted by molar-refractivity contribution is 7.92. The third-order valence-corrected chi connectivity index (χ3v) is 6.52. The number of carbonyl (C=O) groups excluding carboxylic acids is 1. The quantitative estimate of drug-likeness (QED) is 0.837. The first kappa shape index (κ1) is 17.7. The molecule has 1 saturated carbocycles. The summed E-state index contributed by atoms with van der Waals surface area (Å²) in [6.07, 6.45) is 5.22. The van der Waals surface area contributed by atoms with E-state index in [0.717, 1.165) is 51.6 Å². The predicted molar refractivity (Wildman–Crippen MR) is 82.0 cm³/mol. The van der Waals surface area contributed by atoms with Crippen molar-refractivity contribution in [3.05, 3.63) is 0 Å². The van der Waals surface area contributed by atoms with Gasteiger partial charge in [-0.1, -0.05) is 12.8 Å². The molecule has 118 valence electrons. The molecule has 0 unspecified atom stereocenters. The third-order valence-electron chi connectivity index (χ3n) is 4.38. The van der Waals surface area contributed by atoms with Crippen LogP contribution in [0.1, 0.15) is 38.5 Å². The van der Waals surface area contributed by atoms with Gasteiger partial charge in [0, 0.05) is 13.1 Å². The predicted octanol–water partition coefficient (Wildman–Crippen LogP) is 0.976. The molecule has 1 aliphatic heterocycles. The summed E-state index contributed by atoms with van der Waals surface area (Å²) in [5, 5.41) is 2.97. The minimum absolute atomic E-state index is 0. The molecule has 1 aliphatic carbocycles. The number of carbonyl (C=O) groups is 1. The van der Waals surface area contributed by atoms with Crippen molar-refractivity contribution < 1.29 is 13.2 Å². The maximum absolute atomic E-state index is 12.2. The van der Waals surface area contributed by atoms with Crippen molar-refractivity contribution in [2.24, 2.45) is 0 Å². The lowest BCUT2D eigenvalue weighted by Gasteiger charge is -2.31. The van der Waals surface area contributed by atoms with Gasteiger partial charge in [-0.3, -0.25) is 4.79 Å². The Kier molecular flexibility index (Phi) is 6.75. The molecule has 1 N–H and O–H groups in total. The summed E-state index contributed by atoms with van der Waals surface area (Å²) in [4.78, 5) is 13.8. The molecule has 1 heterocycles. The lowest BCUT2D eigenvalue weighted by atomic mass is 10.1. The van der Waals surface area contributed by atoms with Crippen LogP contribution in [-0.2, 0) is 14.6 Å². The fourth-order valence-corrected chi connectivity index (χ4v) is 4.87. The molecule has 7 heteroatoms. The fraction of sp³-hybridized carbons (Fsp3) is 0.923. The molecule has 1 saturated heterocycles. The summed E-state index contributed by atoms with van der Waals surface area (Å²) in [7, 11) is -1.51. The molecular formula is C13H25ClN2O3S. The molecule has 5 nitrogen and oxygen atoms in total. The van der Waals surface area contributed by atoms with Crippen LogP contribution >= 0.6 is 12.4 Å². The zero-order chi connectivity index (χ0) is 13.9. The second kappa shape index (κ2) is 7.61. The van der Waals surface area contributed by atoms with Gasteiger partial charge in [-0.15, -0.1) is 12.4 Å². The second-order valence-corrected chi connectivity index (χ2v) is 7.98. The van der Waals surface area contributed by atoms with E-state index in [4.69, 9.17) is 0 Å². The lowest BCUT2D eigenvalue weighted by molar-refractivity contribution is -0.129. The largest absolute Gasteiger partial charge is 0.342 e. The van der Waals surface area contributed by atoms with Crippen LogP contribution in [-0.4, -0.2) is 56.4 Å². The Morgan fingerprint density at radius 2 is 1.70 bits per heavy atom. The highest BCUT2D eigenvalue weighted by Gasteiger charge is 2.32. The number of nitrogens with zero attached hydrogens (tertiary/aromatic N) is 1. The minimum Gasteiger partial charge on any atom is -0.342 e. The van der Waals surface area contributed by atoms with Gasteiger partial charge >= 0.3 is 0 Å². The van der Waals surface area contributed by atoms with Gasteiger partial charge in [0.2, 0.25) is 5.91 Å². The van der Waals surface area contributed by atoms with Crippen molar-refractivity contribution in [2.75, 3.05) is 25.9 Å². The van der Waals surface area contributed by atoms with Gasteiger partial charge in [-0.25, -0.2) is 8.42 Å². The van der Waals surface area contributed by atoms with E-state index in [1.165, 1.54) is 0 Å². The van der Waals surface area contributed by atoms with E-state index in [1.54, 1.807) is 11.9 Å². The van der Waals surface area contributed by atoms with Gasteiger partial charge in [-0.05, 0) is 38.8 Å². The lowest BCUT2D eigenvalue weighted by Crippen LogP contribution is -2.46. The van der Waals surface area contributed by atoms with E-state index >= 15 is 0 Å². The Balaban J connectivity index is 0.00000200. The van der Waals surface area contributed by atoms with Crippen molar-refractivity contribution in [1.29, 1.82) is 0 Å². The number of amides is 1. The normalized spacial score (nSPS) is 21.4. The van der Waals surface area contributed by atoms with Crippen LogP contribution in [0.2, 0.25) is 0 Å². The Hall–Kier alpha value is -0.330. The minimum atomic E-state index is -3.25. The monoisotopic (exact) mass is 324 g/mol. The maximum Gasteiger partial charge on any atom is 0.237 e. The van der Waals surface area contributed by atoms with Gasteiger partial charge in [0.15, 0.2) is 9.84 Å². The molecule has 20 heavy (non-hydrogen) atoms. The molecule has 0 aromatic heterocycles. The van der Waals surface area contributed by atoms with E-state index in [-0.39, 0.29) is 35.4 Å². The maximum atomic E-state index is 12.2. The van der Waals surface area contributed by atoms with Gasteiger partial charge in [0.05, 0.1) is 5.25 Å². The van der Waals surface area contributed by atoms with Crippen LogP contribution in [0.3, 0.4) is 0 Å². The number of halogens is 1. The Bertz CT molecular complexity index is 415. The summed E-state index contributed by atoms with van der Waals surface area (Å²) in [5.41, 5.74) is 0. The number of sulfone groups is 1. The number of nitrogens with one attached hydrogen (secondary N) is 1. The van der Waals surface area contributed by atoms with Crippen LogP contribution in [0.15, 0.2) is 0 Å². The van der Waals surface area contributed by atoms with Crippen molar-refractivity contribution in [1.82, 2.24) is 10.2 Å². The number of piperidine rings is 1. The van der Waals surface area contributed by atoms with Gasteiger partial charge < -0.3 is 10.2 Å². The van der Waals surface area contributed by atoms with Gasteiger partial charge in [0.25, 0.3) is 0 Å². The average Bonchev–Trinajstić information content (AvgIpc) is 2.93.